The molecule has 0 aliphatic carbocycles. The zero-order valence-electron chi connectivity index (χ0n) is 9.27. The van der Waals surface area contributed by atoms with Gasteiger partial charge in [-0.15, -0.1) is 0 Å². The van der Waals surface area contributed by atoms with Crippen LogP contribution in [-0.2, 0) is 14.4 Å². The van der Waals surface area contributed by atoms with Crippen LogP contribution in [0.5, 0.6) is 0 Å². The summed E-state index contributed by atoms with van der Waals surface area (Å²) in [4.78, 5) is 20.2. The van der Waals surface area contributed by atoms with Crippen molar-refractivity contribution in [3.63, 3.8) is 0 Å². The van der Waals surface area contributed by atoms with E-state index < -0.39 is 5.97 Å². The van der Waals surface area contributed by atoms with Crippen molar-refractivity contribution in [3.05, 3.63) is 36.3 Å². The molecule has 0 amide bonds. The fraction of sp³-hybridized carbons (Fsp3) is 0.273. The van der Waals surface area contributed by atoms with E-state index in [9.17, 15) is 4.79 Å². The Morgan fingerprint density at radius 2 is 2.44 bits per heavy atom. The molecule has 1 rings (SSSR count). The van der Waals surface area contributed by atoms with Gasteiger partial charge < -0.3 is 4.74 Å². The molecule has 0 aliphatic heterocycles. The van der Waals surface area contributed by atoms with Gasteiger partial charge in [-0.3, -0.25) is 15.3 Å². The Morgan fingerprint density at radius 3 is 3.00 bits per heavy atom. The molecule has 0 aliphatic rings. The molecule has 1 aromatic rings. The summed E-state index contributed by atoms with van der Waals surface area (Å²) in [6.45, 7) is 2.08. The molecule has 0 aromatic carbocycles. The third kappa shape index (κ3) is 3.36. The predicted molar refractivity (Wildman–Crippen MR) is 59.0 cm³/mol. The van der Waals surface area contributed by atoms with Crippen LogP contribution in [0.15, 0.2) is 30.7 Å². The fourth-order valence-corrected chi connectivity index (χ4v) is 1.11. The summed E-state index contributed by atoms with van der Waals surface area (Å²) < 4.78 is 4.92. The first kappa shape index (κ1) is 12.2. The van der Waals surface area contributed by atoms with E-state index in [1.165, 1.54) is 13.3 Å². The number of nitrogens with one attached hydrogen (secondary N) is 1. The molecule has 16 heavy (non-hydrogen) atoms. The molecule has 0 spiro atoms. The van der Waals surface area contributed by atoms with Gasteiger partial charge in [0.15, 0.2) is 0 Å². The van der Waals surface area contributed by atoms with E-state index >= 15 is 0 Å². The van der Waals surface area contributed by atoms with Crippen molar-refractivity contribution in [1.29, 1.82) is 0 Å². The van der Waals surface area contributed by atoms with Crippen molar-refractivity contribution in [1.82, 2.24) is 10.5 Å². The van der Waals surface area contributed by atoms with E-state index in [1.54, 1.807) is 31.5 Å². The lowest BCUT2D eigenvalue weighted by molar-refractivity contribution is -0.136. The highest BCUT2D eigenvalue weighted by Gasteiger charge is 2.12. The minimum Gasteiger partial charge on any atom is -0.462 e. The molecular weight excluding hydrogens is 208 g/mol. The normalized spacial score (nSPS) is 11.0. The maximum absolute atomic E-state index is 11.6. The van der Waals surface area contributed by atoms with Crippen molar-refractivity contribution in [2.24, 2.45) is 0 Å². The lowest BCUT2D eigenvalue weighted by Crippen LogP contribution is -2.11. The number of rotatable bonds is 5. The number of hydrogen-bond acceptors (Lipinski definition) is 5. The third-order valence-electron chi connectivity index (χ3n) is 1.79. The topological polar surface area (TPSA) is 60.5 Å². The van der Waals surface area contributed by atoms with Crippen LogP contribution in [0.3, 0.4) is 0 Å². The summed E-state index contributed by atoms with van der Waals surface area (Å²) in [5.41, 5.74) is 3.54. The number of pyridine rings is 1. The maximum Gasteiger partial charge on any atom is 0.340 e. The van der Waals surface area contributed by atoms with E-state index in [0.717, 1.165) is 0 Å². The standard InChI is InChI=1S/C11H14N2O3/c1-3-16-11(14)10(8-13-15-2)9-5-4-6-12-7-9/h4-8,13H,3H2,1-2H3. The van der Waals surface area contributed by atoms with Crippen LogP contribution in [-0.4, -0.2) is 24.7 Å². The number of esters is 1. The summed E-state index contributed by atoms with van der Waals surface area (Å²) in [5.74, 6) is -0.417. The summed E-state index contributed by atoms with van der Waals surface area (Å²) in [7, 11) is 1.46. The van der Waals surface area contributed by atoms with Gasteiger partial charge in [-0.05, 0) is 13.0 Å². The van der Waals surface area contributed by atoms with Crippen LogP contribution < -0.4 is 5.48 Å². The van der Waals surface area contributed by atoms with E-state index in [1.807, 2.05) is 0 Å². The SMILES string of the molecule is CCOC(=O)C(=CNOC)c1cccnc1. The first-order chi connectivity index (χ1) is 7.79. The van der Waals surface area contributed by atoms with Gasteiger partial charge in [0.25, 0.3) is 0 Å². The van der Waals surface area contributed by atoms with Crippen LogP contribution >= 0.6 is 0 Å². The van der Waals surface area contributed by atoms with Gasteiger partial charge in [-0.1, -0.05) is 6.07 Å². The minimum absolute atomic E-state index is 0.323. The molecule has 0 fully saturated rings. The van der Waals surface area contributed by atoms with Crippen LogP contribution in [0.4, 0.5) is 0 Å². The summed E-state index contributed by atoms with van der Waals surface area (Å²) in [6.07, 6.45) is 4.66. The Morgan fingerprint density at radius 1 is 1.62 bits per heavy atom. The van der Waals surface area contributed by atoms with Crippen molar-refractivity contribution < 1.29 is 14.4 Å². The Hall–Kier alpha value is -1.88. The number of hydroxylamine groups is 1. The molecule has 86 valence electrons. The maximum atomic E-state index is 11.6. The van der Waals surface area contributed by atoms with E-state index in [2.05, 4.69) is 15.3 Å². The van der Waals surface area contributed by atoms with Gasteiger partial charge in [0.2, 0.25) is 0 Å². The van der Waals surface area contributed by atoms with E-state index in [4.69, 9.17) is 4.74 Å². The second-order valence-corrected chi connectivity index (χ2v) is 2.84. The first-order valence-electron chi connectivity index (χ1n) is 4.85. The molecule has 1 N–H and O–H groups in total. The highest BCUT2D eigenvalue weighted by Crippen LogP contribution is 2.13. The number of aromatic nitrogens is 1. The lowest BCUT2D eigenvalue weighted by Gasteiger charge is -2.06. The molecular formula is C11H14N2O3. The second-order valence-electron chi connectivity index (χ2n) is 2.84. The van der Waals surface area contributed by atoms with Crippen molar-refractivity contribution in [3.8, 4) is 0 Å². The quantitative estimate of drug-likeness (QED) is 0.460. The highest BCUT2D eigenvalue weighted by atomic mass is 16.6. The average Bonchev–Trinajstić information content (AvgIpc) is 2.31. The summed E-state index contributed by atoms with van der Waals surface area (Å²) in [5, 5.41) is 0. The Labute approximate surface area is 94.0 Å². The molecule has 1 aromatic heterocycles. The van der Waals surface area contributed by atoms with Crippen molar-refractivity contribution in [2.45, 2.75) is 6.92 Å². The Kier molecular flexibility index (Phi) is 5.01. The van der Waals surface area contributed by atoms with Gasteiger partial charge in [0.1, 0.15) is 0 Å². The number of ether oxygens (including phenoxy) is 1. The molecule has 0 bridgehead atoms. The van der Waals surface area contributed by atoms with Gasteiger partial charge in [0, 0.05) is 24.2 Å². The predicted octanol–water partition coefficient (Wildman–Crippen LogP) is 1.14. The Balaban J connectivity index is 2.92. The largest absolute Gasteiger partial charge is 0.462 e. The molecule has 0 atom stereocenters. The average molecular weight is 222 g/mol. The Bertz CT molecular complexity index is 363. The molecule has 0 saturated carbocycles. The van der Waals surface area contributed by atoms with Gasteiger partial charge in [0.05, 0.1) is 19.3 Å². The zero-order valence-corrected chi connectivity index (χ0v) is 9.27. The summed E-state index contributed by atoms with van der Waals surface area (Å²) >= 11 is 0. The second kappa shape index (κ2) is 6.58. The van der Waals surface area contributed by atoms with Crippen LogP contribution in [0.1, 0.15) is 12.5 Å². The van der Waals surface area contributed by atoms with Crippen molar-refractivity contribution >= 4 is 11.5 Å². The first-order valence-corrected chi connectivity index (χ1v) is 4.85. The molecule has 0 radical (unpaired) electrons. The van der Waals surface area contributed by atoms with Crippen LogP contribution in [0.2, 0.25) is 0 Å². The molecule has 1 heterocycles. The molecule has 0 saturated heterocycles. The minimum atomic E-state index is -0.417. The lowest BCUT2D eigenvalue weighted by atomic mass is 10.1. The van der Waals surface area contributed by atoms with E-state index in [-0.39, 0.29) is 0 Å². The third-order valence-corrected chi connectivity index (χ3v) is 1.79. The monoisotopic (exact) mass is 222 g/mol. The molecule has 5 heteroatoms. The smallest absolute Gasteiger partial charge is 0.340 e. The van der Waals surface area contributed by atoms with Gasteiger partial charge in [-0.25, -0.2) is 4.79 Å². The number of carbonyl (C=O) groups excluding carboxylic acids is 1. The van der Waals surface area contributed by atoms with E-state index in [0.29, 0.717) is 17.7 Å². The molecule has 0 unspecified atom stereocenters. The van der Waals surface area contributed by atoms with Crippen LogP contribution in [0.25, 0.3) is 5.57 Å². The van der Waals surface area contributed by atoms with Gasteiger partial charge in [-0.2, -0.15) is 0 Å². The number of nitrogens with zero attached hydrogens (tertiary/aromatic N) is 1. The van der Waals surface area contributed by atoms with Crippen LogP contribution in [0, 0.1) is 0 Å². The van der Waals surface area contributed by atoms with Gasteiger partial charge >= 0.3 is 5.97 Å². The highest BCUT2D eigenvalue weighted by molar-refractivity contribution is 6.16. The number of hydrogen-bond donors (Lipinski definition) is 1. The number of carbonyl (C=O) groups is 1. The molecule has 5 nitrogen and oxygen atoms in total. The fourth-order valence-electron chi connectivity index (χ4n) is 1.11. The zero-order chi connectivity index (χ0) is 11.8. The van der Waals surface area contributed by atoms with Crippen molar-refractivity contribution in [2.75, 3.05) is 13.7 Å². The summed E-state index contributed by atoms with van der Waals surface area (Å²) in [6, 6.07) is 3.52.